The topological polar surface area (TPSA) is 0 Å². The van der Waals surface area contributed by atoms with E-state index in [-0.39, 0.29) is 0 Å². The molecular weight excluding hydrogens is 208 g/mol. The molecular formula is C12H21ClSi. The molecule has 0 aliphatic rings. The van der Waals surface area contributed by atoms with Crippen molar-refractivity contribution in [1.82, 2.24) is 0 Å². The van der Waals surface area contributed by atoms with Crippen molar-refractivity contribution in [2.75, 3.05) is 0 Å². The molecule has 0 amide bonds. The first-order valence-electron chi connectivity index (χ1n) is 4.93. The maximum Gasteiger partial charge on any atom is 0.157 e. The van der Waals surface area contributed by atoms with Crippen molar-refractivity contribution in [3.8, 4) is 0 Å². The summed E-state index contributed by atoms with van der Waals surface area (Å²) in [6.45, 7) is 18.0. The lowest BCUT2D eigenvalue weighted by atomic mass is 10.1. The zero-order chi connectivity index (χ0) is 11.4. The molecule has 1 atom stereocenters. The van der Waals surface area contributed by atoms with Crippen molar-refractivity contribution in [2.45, 2.75) is 38.4 Å². The van der Waals surface area contributed by atoms with Gasteiger partial charge in [-0.3, -0.25) is 0 Å². The Morgan fingerprint density at radius 1 is 1.43 bits per heavy atom. The van der Waals surface area contributed by atoms with Gasteiger partial charge in [-0.25, -0.2) is 0 Å². The van der Waals surface area contributed by atoms with Gasteiger partial charge in [0.05, 0.1) is 0 Å². The SMILES string of the molecule is C=CC(=C)CCC(C(=C)C)[Si](C)(C)Cl. The summed E-state index contributed by atoms with van der Waals surface area (Å²) in [5.74, 6) is 0. The van der Waals surface area contributed by atoms with Crippen LogP contribution in [0.2, 0.25) is 18.6 Å². The summed E-state index contributed by atoms with van der Waals surface area (Å²) in [5.41, 5.74) is 2.76. The molecule has 0 N–H and O–H groups in total. The fourth-order valence-electron chi connectivity index (χ4n) is 1.61. The highest BCUT2D eigenvalue weighted by molar-refractivity contribution is 7.20. The standard InChI is InChI=1S/C12H21ClSi/c1-7-11(4)8-9-12(10(2)3)14(5,6)13/h7,12H,1-2,4,8-9H2,3,5-6H3. The minimum atomic E-state index is -1.63. The molecule has 2 heteroatoms. The lowest BCUT2D eigenvalue weighted by molar-refractivity contribution is 0.798. The van der Waals surface area contributed by atoms with Gasteiger partial charge in [-0.05, 0) is 25.3 Å². The van der Waals surface area contributed by atoms with Crippen LogP contribution in [0, 0.1) is 0 Å². The van der Waals surface area contributed by atoms with E-state index in [1.165, 1.54) is 5.57 Å². The van der Waals surface area contributed by atoms with E-state index in [0.29, 0.717) is 5.54 Å². The van der Waals surface area contributed by atoms with E-state index in [0.717, 1.165) is 18.4 Å². The number of hydrogen-bond donors (Lipinski definition) is 0. The largest absolute Gasteiger partial charge is 0.167 e. The van der Waals surface area contributed by atoms with Crippen LogP contribution in [0.5, 0.6) is 0 Å². The van der Waals surface area contributed by atoms with Gasteiger partial charge in [0.2, 0.25) is 0 Å². The molecule has 0 rings (SSSR count). The van der Waals surface area contributed by atoms with Crippen molar-refractivity contribution >= 4 is 18.5 Å². The quantitative estimate of drug-likeness (QED) is 0.263. The molecule has 14 heavy (non-hydrogen) atoms. The normalized spacial score (nSPS) is 13.4. The van der Waals surface area contributed by atoms with E-state index in [2.05, 4.69) is 39.8 Å². The van der Waals surface area contributed by atoms with Crippen molar-refractivity contribution in [2.24, 2.45) is 0 Å². The minimum Gasteiger partial charge on any atom is -0.167 e. The first kappa shape index (κ1) is 13.7. The van der Waals surface area contributed by atoms with Crippen LogP contribution in [-0.2, 0) is 0 Å². The molecule has 0 saturated heterocycles. The van der Waals surface area contributed by atoms with E-state index < -0.39 is 7.38 Å². The molecule has 0 aliphatic carbocycles. The Labute approximate surface area is 94.1 Å². The maximum atomic E-state index is 6.44. The van der Waals surface area contributed by atoms with Crippen LogP contribution >= 0.6 is 11.1 Å². The summed E-state index contributed by atoms with van der Waals surface area (Å²) in [6.07, 6.45) is 3.85. The lowest BCUT2D eigenvalue weighted by Gasteiger charge is -2.26. The van der Waals surface area contributed by atoms with Gasteiger partial charge >= 0.3 is 0 Å². The Hall–Kier alpha value is -0.273. The Morgan fingerprint density at radius 3 is 2.21 bits per heavy atom. The molecule has 0 nitrogen and oxygen atoms in total. The third-order valence-corrected chi connectivity index (χ3v) is 5.70. The van der Waals surface area contributed by atoms with Crippen LogP contribution in [0.15, 0.2) is 37.0 Å². The predicted octanol–water partition coefficient (Wildman–Crippen LogP) is 4.90. The van der Waals surface area contributed by atoms with E-state index in [9.17, 15) is 0 Å². The monoisotopic (exact) mass is 228 g/mol. The van der Waals surface area contributed by atoms with Gasteiger partial charge in [0, 0.05) is 0 Å². The third kappa shape index (κ3) is 4.82. The number of halogens is 1. The van der Waals surface area contributed by atoms with Crippen LogP contribution in [-0.4, -0.2) is 7.38 Å². The lowest BCUT2D eigenvalue weighted by Crippen LogP contribution is -2.26. The van der Waals surface area contributed by atoms with Crippen LogP contribution in [0.4, 0.5) is 0 Å². The summed E-state index contributed by atoms with van der Waals surface area (Å²) in [5, 5.41) is 0. The van der Waals surface area contributed by atoms with Gasteiger partial charge in [-0.1, -0.05) is 43.5 Å². The number of allylic oxidation sites excluding steroid dienone is 3. The van der Waals surface area contributed by atoms with Crippen LogP contribution in [0.3, 0.4) is 0 Å². The molecule has 0 aromatic rings. The second-order valence-corrected chi connectivity index (χ2v) is 11.1. The third-order valence-electron chi connectivity index (χ3n) is 2.47. The second-order valence-electron chi connectivity index (χ2n) is 4.36. The fraction of sp³-hybridized carbons (Fsp3) is 0.500. The fourth-order valence-corrected chi connectivity index (χ4v) is 4.50. The molecule has 80 valence electrons. The zero-order valence-electron chi connectivity index (χ0n) is 9.57. The highest BCUT2D eigenvalue weighted by atomic mass is 35.6. The molecule has 0 bridgehead atoms. The van der Waals surface area contributed by atoms with Crippen molar-refractivity contribution < 1.29 is 0 Å². The Balaban J connectivity index is 4.33. The van der Waals surface area contributed by atoms with Crippen molar-refractivity contribution in [1.29, 1.82) is 0 Å². The van der Waals surface area contributed by atoms with Gasteiger partial charge in [0.1, 0.15) is 0 Å². The van der Waals surface area contributed by atoms with Gasteiger partial charge in [-0.15, -0.1) is 6.58 Å². The first-order chi connectivity index (χ1) is 6.29. The molecule has 0 aliphatic heterocycles. The van der Waals surface area contributed by atoms with Gasteiger partial charge in [-0.2, -0.15) is 11.1 Å². The van der Waals surface area contributed by atoms with Crippen LogP contribution in [0.1, 0.15) is 19.8 Å². The number of hydrogen-bond acceptors (Lipinski definition) is 0. The highest BCUT2D eigenvalue weighted by Crippen LogP contribution is 2.36. The summed E-state index contributed by atoms with van der Waals surface area (Å²) < 4.78 is 0. The Morgan fingerprint density at radius 2 is 1.93 bits per heavy atom. The summed E-state index contributed by atoms with van der Waals surface area (Å²) in [4.78, 5) is 0. The Bertz CT molecular complexity index is 235. The molecule has 1 unspecified atom stereocenters. The predicted molar refractivity (Wildman–Crippen MR) is 70.5 cm³/mol. The zero-order valence-corrected chi connectivity index (χ0v) is 11.3. The van der Waals surface area contributed by atoms with Gasteiger partial charge in [0.15, 0.2) is 7.38 Å². The molecule has 0 aromatic carbocycles. The highest BCUT2D eigenvalue weighted by Gasteiger charge is 2.29. The molecule has 0 aromatic heterocycles. The van der Waals surface area contributed by atoms with Crippen LogP contribution < -0.4 is 0 Å². The maximum absolute atomic E-state index is 6.44. The first-order valence-corrected chi connectivity index (χ1v) is 9.02. The van der Waals surface area contributed by atoms with Crippen molar-refractivity contribution in [3.63, 3.8) is 0 Å². The van der Waals surface area contributed by atoms with E-state index in [1.54, 1.807) is 0 Å². The average molecular weight is 229 g/mol. The second kappa shape index (κ2) is 5.57. The smallest absolute Gasteiger partial charge is 0.157 e. The van der Waals surface area contributed by atoms with Gasteiger partial charge in [0.25, 0.3) is 0 Å². The molecule has 0 saturated carbocycles. The van der Waals surface area contributed by atoms with Crippen LogP contribution in [0.25, 0.3) is 0 Å². The van der Waals surface area contributed by atoms with E-state index in [4.69, 9.17) is 11.1 Å². The minimum absolute atomic E-state index is 0.473. The summed E-state index contributed by atoms with van der Waals surface area (Å²) in [6, 6.07) is 0. The summed E-state index contributed by atoms with van der Waals surface area (Å²) in [7, 11) is -1.63. The molecule has 0 fully saturated rings. The molecule has 0 radical (unpaired) electrons. The average Bonchev–Trinajstić information content (AvgIpc) is 2.01. The van der Waals surface area contributed by atoms with E-state index in [1.807, 2.05) is 6.08 Å². The molecule has 0 spiro atoms. The summed E-state index contributed by atoms with van der Waals surface area (Å²) >= 11 is 6.44. The Kier molecular flexibility index (Phi) is 5.46. The molecule has 0 heterocycles. The van der Waals surface area contributed by atoms with E-state index >= 15 is 0 Å². The van der Waals surface area contributed by atoms with Gasteiger partial charge < -0.3 is 0 Å². The van der Waals surface area contributed by atoms with Crippen molar-refractivity contribution in [3.05, 3.63) is 37.0 Å². The number of rotatable bonds is 6.